The van der Waals surface area contributed by atoms with E-state index in [0.717, 1.165) is 10.0 Å². The molecule has 0 saturated heterocycles. The number of carbonyl (C=O) groups excluding carboxylic acids is 1. The highest BCUT2D eigenvalue weighted by molar-refractivity contribution is 9.10. The van der Waals surface area contributed by atoms with Crippen LogP contribution in [0.4, 0.5) is 5.82 Å². The first-order chi connectivity index (χ1) is 12.6. The monoisotopic (exact) mass is 413 g/mol. The minimum Gasteiger partial charge on any atom is -0.424 e. The van der Waals surface area contributed by atoms with Gasteiger partial charge in [-0.3, -0.25) is 4.79 Å². The number of ether oxygens (including phenoxy) is 1. The molecule has 1 N–H and O–H groups in total. The number of anilines is 1. The van der Waals surface area contributed by atoms with Crippen LogP contribution >= 0.6 is 15.9 Å². The highest BCUT2D eigenvalue weighted by Crippen LogP contribution is 2.19. The molecule has 0 saturated carbocycles. The molecule has 0 radical (unpaired) electrons. The van der Waals surface area contributed by atoms with E-state index in [0.29, 0.717) is 23.8 Å². The molecule has 3 rings (SSSR count). The average molecular weight is 414 g/mol. The van der Waals surface area contributed by atoms with Crippen LogP contribution in [-0.4, -0.2) is 25.8 Å². The summed E-state index contributed by atoms with van der Waals surface area (Å²) in [5.41, 5.74) is 0.858. The summed E-state index contributed by atoms with van der Waals surface area (Å²) in [6.07, 6.45) is 5.81. The quantitative estimate of drug-likeness (QED) is 0.664. The van der Waals surface area contributed by atoms with Crippen molar-refractivity contribution >= 4 is 27.7 Å². The number of aromatic nitrogens is 4. The van der Waals surface area contributed by atoms with Crippen molar-refractivity contribution < 1.29 is 9.53 Å². The van der Waals surface area contributed by atoms with Crippen LogP contribution < -0.4 is 10.1 Å². The number of benzene rings is 1. The van der Waals surface area contributed by atoms with Crippen molar-refractivity contribution in [2.24, 2.45) is 0 Å². The summed E-state index contributed by atoms with van der Waals surface area (Å²) >= 11 is 3.27. The van der Waals surface area contributed by atoms with Crippen molar-refractivity contribution in [1.82, 2.24) is 19.9 Å². The number of nitrogens with zero attached hydrogens (tertiary/aromatic N) is 4. The van der Waals surface area contributed by atoms with E-state index < -0.39 is 0 Å². The second-order valence-corrected chi connectivity index (χ2v) is 6.28. The van der Waals surface area contributed by atoms with Crippen LogP contribution in [-0.2, 0) is 17.6 Å². The Morgan fingerprint density at radius 1 is 1.12 bits per heavy atom. The van der Waals surface area contributed by atoms with Gasteiger partial charge >= 0.3 is 6.01 Å². The van der Waals surface area contributed by atoms with E-state index in [1.54, 1.807) is 36.8 Å². The van der Waals surface area contributed by atoms with Crippen molar-refractivity contribution in [3.8, 4) is 11.8 Å². The lowest BCUT2D eigenvalue weighted by atomic mass is 10.1. The van der Waals surface area contributed by atoms with Crippen molar-refractivity contribution in [3.05, 3.63) is 64.8 Å². The number of hydrogen-bond donors (Lipinski definition) is 1. The van der Waals surface area contributed by atoms with Crippen LogP contribution in [0.5, 0.6) is 11.8 Å². The van der Waals surface area contributed by atoms with Crippen LogP contribution in [0.25, 0.3) is 0 Å². The zero-order valence-electron chi connectivity index (χ0n) is 14.0. The lowest BCUT2D eigenvalue weighted by molar-refractivity contribution is -0.115. The van der Waals surface area contributed by atoms with Crippen molar-refractivity contribution in [1.29, 1.82) is 0 Å². The molecule has 0 atom stereocenters. The van der Waals surface area contributed by atoms with E-state index in [9.17, 15) is 4.79 Å². The smallest absolute Gasteiger partial charge is 0.321 e. The van der Waals surface area contributed by atoms with Gasteiger partial charge in [0.05, 0.1) is 10.9 Å². The Labute approximate surface area is 159 Å². The first-order valence-corrected chi connectivity index (χ1v) is 8.78. The summed E-state index contributed by atoms with van der Waals surface area (Å²) < 4.78 is 6.33. The number of carbonyl (C=O) groups is 1. The summed E-state index contributed by atoms with van der Waals surface area (Å²) in [5.74, 6) is 1.66. The van der Waals surface area contributed by atoms with E-state index in [4.69, 9.17) is 4.74 Å². The molecule has 8 heteroatoms. The molecule has 0 unspecified atom stereocenters. The molecule has 7 nitrogen and oxygen atoms in total. The Hall–Kier alpha value is -2.87. The molecular weight excluding hydrogens is 398 g/mol. The van der Waals surface area contributed by atoms with Gasteiger partial charge in [0.2, 0.25) is 5.91 Å². The third-order valence-corrected chi connectivity index (χ3v) is 3.79. The minimum absolute atomic E-state index is 0.143. The highest BCUT2D eigenvalue weighted by Gasteiger charge is 2.07. The second kappa shape index (κ2) is 8.48. The maximum atomic E-state index is 12.2. The van der Waals surface area contributed by atoms with Gasteiger partial charge in [-0.2, -0.15) is 0 Å². The highest BCUT2D eigenvalue weighted by atomic mass is 79.9. The zero-order valence-corrected chi connectivity index (χ0v) is 15.6. The van der Waals surface area contributed by atoms with Gasteiger partial charge in [-0.15, -0.1) is 0 Å². The zero-order chi connectivity index (χ0) is 18.4. The topological polar surface area (TPSA) is 89.9 Å². The summed E-state index contributed by atoms with van der Waals surface area (Å²) in [4.78, 5) is 28.6. The first-order valence-electron chi connectivity index (χ1n) is 7.98. The van der Waals surface area contributed by atoms with Gasteiger partial charge in [-0.05, 0) is 39.7 Å². The normalized spacial score (nSPS) is 10.4. The fraction of sp³-hybridized carbons (Fsp3) is 0.167. The van der Waals surface area contributed by atoms with Gasteiger partial charge in [0.1, 0.15) is 17.4 Å². The maximum Gasteiger partial charge on any atom is 0.321 e. The van der Waals surface area contributed by atoms with Crippen molar-refractivity contribution in [3.63, 3.8) is 0 Å². The largest absolute Gasteiger partial charge is 0.424 e. The Kier molecular flexibility index (Phi) is 5.85. The summed E-state index contributed by atoms with van der Waals surface area (Å²) in [5, 5.41) is 2.78. The van der Waals surface area contributed by atoms with E-state index in [2.05, 4.69) is 41.2 Å². The standard InChI is InChI=1S/C18H16BrN5O2/c1-2-15-20-8-7-16(23-15)24-17(25)9-12-3-5-14(6-4-12)26-18-21-10-13(19)11-22-18/h3-8,10-11H,2,9H2,1H3,(H,20,23,24,25). The molecule has 0 fully saturated rings. The van der Waals surface area contributed by atoms with Crippen molar-refractivity contribution in [2.75, 3.05) is 5.32 Å². The molecule has 0 aliphatic rings. The molecule has 0 spiro atoms. The van der Waals surface area contributed by atoms with E-state index in [1.807, 2.05) is 19.1 Å². The third-order valence-electron chi connectivity index (χ3n) is 3.38. The molecule has 2 aromatic heterocycles. The lowest BCUT2D eigenvalue weighted by Crippen LogP contribution is -2.15. The summed E-state index contributed by atoms with van der Waals surface area (Å²) in [6, 6.07) is 9.12. The molecule has 1 aromatic carbocycles. The number of nitrogens with one attached hydrogen (secondary N) is 1. The Balaban J connectivity index is 1.58. The predicted octanol–water partition coefficient (Wildman–Crippen LogP) is 3.57. The third kappa shape index (κ3) is 5.06. The Morgan fingerprint density at radius 3 is 2.54 bits per heavy atom. The van der Waals surface area contributed by atoms with E-state index in [-0.39, 0.29) is 18.3 Å². The van der Waals surface area contributed by atoms with Crippen LogP contribution in [0.1, 0.15) is 18.3 Å². The fourth-order valence-electron chi connectivity index (χ4n) is 2.15. The molecule has 3 aromatic rings. The molecule has 1 amide bonds. The SMILES string of the molecule is CCc1nccc(NC(=O)Cc2ccc(Oc3ncc(Br)cn3)cc2)n1. The van der Waals surface area contributed by atoms with Gasteiger partial charge in [0.15, 0.2) is 0 Å². The summed E-state index contributed by atoms with van der Waals surface area (Å²) in [7, 11) is 0. The van der Waals surface area contributed by atoms with Gasteiger partial charge in [-0.25, -0.2) is 19.9 Å². The Morgan fingerprint density at radius 2 is 1.85 bits per heavy atom. The molecule has 26 heavy (non-hydrogen) atoms. The average Bonchev–Trinajstić information content (AvgIpc) is 2.65. The van der Waals surface area contributed by atoms with E-state index >= 15 is 0 Å². The van der Waals surface area contributed by atoms with Gasteiger partial charge < -0.3 is 10.1 Å². The minimum atomic E-state index is -0.143. The molecule has 0 aliphatic carbocycles. The van der Waals surface area contributed by atoms with Gasteiger partial charge in [-0.1, -0.05) is 19.1 Å². The van der Waals surface area contributed by atoms with Crippen LogP contribution in [0.2, 0.25) is 0 Å². The molecular formula is C18H16BrN5O2. The number of hydrogen-bond acceptors (Lipinski definition) is 6. The molecule has 0 aliphatic heterocycles. The van der Waals surface area contributed by atoms with Crippen LogP contribution in [0.15, 0.2) is 53.4 Å². The Bertz CT molecular complexity index is 885. The second-order valence-electron chi connectivity index (χ2n) is 5.37. The number of halogens is 1. The number of amides is 1. The van der Waals surface area contributed by atoms with E-state index in [1.165, 1.54) is 0 Å². The van der Waals surface area contributed by atoms with Crippen molar-refractivity contribution in [2.45, 2.75) is 19.8 Å². The molecule has 2 heterocycles. The van der Waals surface area contributed by atoms with Gasteiger partial charge in [0, 0.05) is 25.0 Å². The molecule has 132 valence electrons. The molecule has 0 bridgehead atoms. The van der Waals surface area contributed by atoms with Crippen LogP contribution in [0, 0.1) is 0 Å². The lowest BCUT2D eigenvalue weighted by Gasteiger charge is -2.07. The predicted molar refractivity (Wildman–Crippen MR) is 100.0 cm³/mol. The first kappa shape index (κ1) is 17.9. The summed E-state index contributed by atoms with van der Waals surface area (Å²) in [6.45, 7) is 1.96. The van der Waals surface area contributed by atoms with Gasteiger partial charge in [0.25, 0.3) is 0 Å². The fourth-order valence-corrected chi connectivity index (χ4v) is 2.35. The number of aryl methyl sites for hydroxylation is 1. The maximum absolute atomic E-state index is 12.2. The number of rotatable bonds is 6. The van der Waals surface area contributed by atoms with Crippen LogP contribution in [0.3, 0.4) is 0 Å².